The first kappa shape index (κ1) is 15.8. The van der Waals surface area contributed by atoms with Crippen LogP contribution in [-0.2, 0) is 13.0 Å². The van der Waals surface area contributed by atoms with Crippen LogP contribution in [0, 0.1) is 0 Å². The van der Waals surface area contributed by atoms with Crippen molar-refractivity contribution in [3.63, 3.8) is 0 Å². The summed E-state index contributed by atoms with van der Waals surface area (Å²) in [6.45, 7) is 5.50. The lowest BCUT2D eigenvalue weighted by Gasteiger charge is -2.10. The Morgan fingerprint density at radius 3 is 2.67 bits per heavy atom. The molecule has 5 nitrogen and oxygen atoms in total. The summed E-state index contributed by atoms with van der Waals surface area (Å²) in [6.07, 6.45) is 1.02. The zero-order chi connectivity index (χ0) is 15.4. The van der Waals surface area contributed by atoms with Crippen molar-refractivity contribution in [3.05, 3.63) is 26.8 Å². The van der Waals surface area contributed by atoms with Crippen LogP contribution in [0.4, 0.5) is 10.9 Å². The van der Waals surface area contributed by atoms with Crippen LogP contribution in [0.2, 0.25) is 0 Å². The maximum Gasteiger partial charge on any atom is 0.265 e. The van der Waals surface area contributed by atoms with Gasteiger partial charge in [-0.3, -0.25) is 4.79 Å². The lowest BCUT2D eigenvalue weighted by molar-refractivity contribution is 0.0956. The molecule has 0 aliphatic carbocycles. The highest BCUT2D eigenvalue weighted by Crippen LogP contribution is 2.27. The Labute approximate surface area is 132 Å². The van der Waals surface area contributed by atoms with E-state index in [1.807, 2.05) is 18.9 Å². The minimum Gasteiger partial charge on any atom is -0.382 e. The zero-order valence-electron chi connectivity index (χ0n) is 12.5. The third-order valence-electron chi connectivity index (χ3n) is 3.14. The van der Waals surface area contributed by atoms with Crippen molar-refractivity contribution in [2.24, 2.45) is 0 Å². The van der Waals surface area contributed by atoms with E-state index in [1.165, 1.54) is 16.2 Å². The highest BCUT2D eigenvalue weighted by Gasteiger charge is 2.17. The first-order chi connectivity index (χ1) is 10.0. The van der Waals surface area contributed by atoms with Gasteiger partial charge < -0.3 is 16.0 Å². The van der Waals surface area contributed by atoms with E-state index in [1.54, 1.807) is 11.3 Å². The molecule has 0 unspecified atom stereocenters. The molecule has 1 amide bonds. The quantitative estimate of drug-likeness (QED) is 0.857. The molecule has 2 heterocycles. The number of nitrogens with zero attached hydrogens (tertiary/aromatic N) is 2. The van der Waals surface area contributed by atoms with E-state index in [0.717, 1.165) is 23.0 Å². The van der Waals surface area contributed by atoms with E-state index in [-0.39, 0.29) is 5.91 Å². The molecule has 0 bridgehead atoms. The van der Waals surface area contributed by atoms with Gasteiger partial charge in [-0.15, -0.1) is 11.3 Å². The fourth-order valence-electron chi connectivity index (χ4n) is 1.74. The molecule has 0 aromatic carbocycles. The Hall–Kier alpha value is -1.60. The summed E-state index contributed by atoms with van der Waals surface area (Å²) < 4.78 is 0. The van der Waals surface area contributed by atoms with Crippen LogP contribution in [0.3, 0.4) is 0 Å². The molecular formula is C14H20N4OS2. The molecule has 0 fully saturated rings. The second kappa shape index (κ2) is 6.91. The normalized spacial score (nSPS) is 10.6. The molecular weight excluding hydrogens is 304 g/mol. The van der Waals surface area contributed by atoms with Crippen LogP contribution >= 0.6 is 22.7 Å². The van der Waals surface area contributed by atoms with Crippen molar-refractivity contribution in [1.82, 2.24) is 10.3 Å². The number of carbonyl (C=O) groups is 1. The van der Waals surface area contributed by atoms with Crippen molar-refractivity contribution >= 4 is 39.5 Å². The average molecular weight is 324 g/mol. The molecule has 7 heteroatoms. The number of nitrogens with two attached hydrogens (primary N) is 1. The molecule has 0 radical (unpaired) electrons. The van der Waals surface area contributed by atoms with Gasteiger partial charge in [-0.1, -0.05) is 18.3 Å². The summed E-state index contributed by atoms with van der Waals surface area (Å²) in [5.41, 5.74) is 5.84. The number of aromatic nitrogens is 1. The maximum atomic E-state index is 12.2. The van der Waals surface area contributed by atoms with E-state index in [0.29, 0.717) is 17.2 Å². The Morgan fingerprint density at radius 2 is 2.05 bits per heavy atom. The summed E-state index contributed by atoms with van der Waals surface area (Å²) in [5, 5.41) is 3.68. The SMILES string of the molecule is CCc1ccc(CNC(=O)c2sc(N(C)CC)nc2N)s1. The molecule has 0 aliphatic heterocycles. The van der Waals surface area contributed by atoms with Gasteiger partial charge in [0.25, 0.3) is 5.91 Å². The van der Waals surface area contributed by atoms with Crippen molar-refractivity contribution < 1.29 is 4.79 Å². The molecule has 114 valence electrons. The van der Waals surface area contributed by atoms with E-state index in [9.17, 15) is 4.79 Å². The molecule has 0 saturated carbocycles. The largest absolute Gasteiger partial charge is 0.382 e. The third kappa shape index (κ3) is 3.74. The fourth-order valence-corrected chi connectivity index (χ4v) is 3.56. The highest BCUT2D eigenvalue weighted by molar-refractivity contribution is 7.18. The zero-order valence-corrected chi connectivity index (χ0v) is 14.1. The molecule has 3 N–H and O–H groups in total. The van der Waals surface area contributed by atoms with E-state index < -0.39 is 0 Å². The molecule has 0 atom stereocenters. The summed E-state index contributed by atoms with van der Waals surface area (Å²) in [6, 6.07) is 4.15. The van der Waals surface area contributed by atoms with Crippen LogP contribution in [-0.4, -0.2) is 24.5 Å². The summed E-state index contributed by atoms with van der Waals surface area (Å²) in [7, 11) is 1.93. The molecule has 2 aromatic rings. The maximum absolute atomic E-state index is 12.2. The molecule has 0 saturated heterocycles. The predicted octanol–water partition coefficient (Wildman–Crippen LogP) is 2.74. The van der Waals surface area contributed by atoms with E-state index >= 15 is 0 Å². The van der Waals surface area contributed by atoms with Crippen LogP contribution < -0.4 is 16.0 Å². The minimum absolute atomic E-state index is 0.160. The number of hydrogen-bond acceptors (Lipinski definition) is 6. The number of nitrogen functional groups attached to an aromatic ring is 1. The first-order valence-electron chi connectivity index (χ1n) is 6.88. The standard InChI is InChI=1S/C14H20N4OS2/c1-4-9-6-7-10(20-9)8-16-13(19)11-12(15)17-14(21-11)18(3)5-2/h6-7H,4-5,8,15H2,1-3H3,(H,16,19). The second-order valence-electron chi connectivity index (χ2n) is 4.63. The average Bonchev–Trinajstić information content (AvgIpc) is 3.10. The number of rotatable bonds is 6. The number of anilines is 2. The molecule has 2 rings (SSSR count). The summed E-state index contributed by atoms with van der Waals surface area (Å²) in [5.74, 6) is 0.139. The first-order valence-corrected chi connectivity index (χ1v) is 8.51. The van der Waals surface area contributed by atoms with E-state index in [4.69, 9.17) is 5.73 Å². The van der Waals surface area contributed by atoms with Crippen molar-refractivity contribution in [3.8, 4) is 0 Å². The van der Waals surface area contributed by atoms with Gasteiger partial charge in [-0.2, -0.15) is 0 Å². The smallest absolute Gasteiger partial charge is 0.265 e. The van der Waals surface area contributed by atoms with Crippen LogP contribution in [0.1, 0.15) is 33.3 Å². The van der Waals surface area contributed by atoms with Crippen molar-refractivity contribution in [2.45, 2.75) is 26.8 Å². The Bertz CT molecular complexity index is 620. The monoisotopic (exact) mass is 324 g/mol. The van der Waals surface area contributed by atoms with Crippen LogP contribution in [0.15, 0.2) is 12.1 Å². The lowest BCUT2D eigenvalue weighted by atomic mass is 10.3. The number of nitrogens with one attached hydrogen (secondary N) is 1. The van der Waals surface area contributed by atoms with Gasteiger partial charge in [0, 0.05) is 23.3 Å². The topological polar surface area (TPSA) is 71.2 Å². The van der Waals surface area contributed by atoms with Crippen molar-refractivity contribution in [2.75, 3.05) is 24.2 Å². The molecule has 2 aromatic heterocycles. The predicted molar refractivity (Wildman–Crippen MR) is 90.3 cm³/mol. The number of thiophene rings is 1. The number of amides is 1. The van der Waals surface area contributed by atoms with Crippen LogP contribution in [0.25, 0.3) is 0 Å². The van der Waals surface area contributed by atoms with Gasteiger partial charge >= 0.3 is 0 Å². The van der Waals surface area contributed by atoms with Gasteiger partial charge in [0.15, 0.2) is 5.13 Å². The van der Waals surface area contributed by atoms with Gasteiger partial charge in [0.1, 0.15) is 10.7 Å². The number of carbonyl (C=O) groups excluding carboxylic acids is 1. The Morgan fingerprint density at radius 1 is 1.33 bits per heavy atom. The van der Waals surface area contributed by atoms with Gasteiger partial charge in [0.05, 0.1) is 6.54 Å². The van der Waals surface area contributed by atoms with E-state index in [2.05, 4.69) is 29.4 Å². The van der Waals surface area contributed by atoms with Crippen LogP contribution in [0.5, 0.6) is 0 Å². The van der Waals surface area contributed by atoms with Gasteiger partial charge in [0.2, 0.25) is 0 Å². The Balaban J connectivity index is 2.01. The van der Waals surface area contributed by atoms with Gasteiger partial charge in [-0.25, -0.2) is 4.98 Å². The molecule has 0 aliphatic rings. The number of hydrogen-bond donors (Lipinski definition) is 2. The molecule has 0 spiro atoms. The lowest BCUT2D eigenvalue weighted by Crippen LogP contribution is -2.22. The van der Waals surface area contributed by atoms with Crippen molar-refractivity contribution in [1.29, 1.82) is 0 Å². The number of aryl methyl sites for hydroxylation is 1. The highest BCUT2D eigenvalue weighted by atomic mass is 32.1. The van der Waals surface area contributed by atoms with Gasteiger partial charge in [-0.05, 0) is 25.5 Å². The Kier molecular flexibility index (Phi) is 5.19. The summed E-state index contributed by atoms with van der Waals surface area (Å²) >= 11 is 3.05. The second-order valence-corrected chi connectivity index (χ2v) is 6.86. The molecule has 21 heavy (non-hydrogen) atoms. The summed E-state index contributed by atoms with van der Waals surface area (Å²) in [4.78, 5) is 21.4. The minimum atomic E-state index is -0.160. The fraction of sp³-hybridized carbons (Fsp3) is 0.429. The third-order valence-corrected chi connectivity index (χ3v) is 5.55. The number of thiazole rings is 1.